The van der Waals surface area contributed by atoms with E-state index in [-0.39, 0.29) is 0 Å². The molecule has 1 aromatic carbocycles. The first-order valence-electron chi connectivity index (χ1n) is 6.14. The molecule has 0 bridgehead atoms. The van der Waals surface area contributed by atoms with Gasteiger partial charge in [0.15, 0.2) is 0 Å². The largest absolute Gasteiger partial charge is 0.333 e. The Hall–Kier alpha value is -0.430. The molecule has 100 valence electrons. The van der Waals surface area contributed by atoms with E-state index < -0.39 is 10.0 Å². The minimum absolute atomic E-state index is 0.366. The van der Waals surface area contributed by atoms with E-state index in [2.05, 4.69) is 22.9 Å². The summed E-state index contributed by atoms with van der Waals surface area (Å²) in [6, 6.07) is 6.99. The van der Waals surface area contributed by atoms with Crippen LogP contribution in [0.25, 0.3) is 0 Å². The predicted octanol–water partition coefficient (Wildman–Crippen LogP) is 0.358. The monoisotopic (exact) mass is 333 g/mol. The second-order valence-corrected chi connectivity index (χ2v) is 7.20. The Morgan fingerprint density at radius 2 is 1.89 bits per heavy atom. The Balaban J connectivity index is 2.20. The van der Waals surface area contributed by atoms with Gasteiger partial charge in [0.2, 0.25) is 10.0 Å². The Bertz CT molecular complexity index is 511. The van der Waals surface area contributed by atoms with Crippen LogP contribution in [0.15, 0.2) is 33.6 Å². The predicted molar refractivity (Wildman–Crippen MR) is 74.1 cm³/mol. The molecule has 1 aliphatic rings. The molecule has 0 unspecified atom stereocenters. The molecule has 2 rings (SSSR count). The maximum atomic E-state index is 12.5. The van der Waals surface area contributed by atoms with E-state index in [1.54, 1.807) is 22.5 Å². The SMILES string of the molecule is CC[NH+]1CCN(S(=O)(=O)c2ccccc2Br)CC1. The summed E-state index contributed by atoms with van der Waals surface area (Å²) in [6.45, 7) is 6.18. The van der Waals surface area contributed by atoms with E-state index >= 15 is 0 Å². The highest BCUT2D eigenvalue weighted by molar-refractivity contribution is 9.10. The summed E-state index contributed by atoms with van der Waals surface area (Å²) in [7, 11) is -3.35. The second kappa shape index (κ2) is 5.69. The van der Waals surface area contributed by atoms with Gasteiger partial charge in [0.05, 0.1) is 37.6 Å². The van der Waals surface area contributed by atoms with Crippen LogP contribution in [0.3, 0.4) is 0 Å². The summed E-state index contributed by atoms with van der Waals surface area (Å²) in [4.78, 5) is 1.83. The summed E-state index contributed by atoms with van der Waals surface area (Å²) in [5.74, 6) is 0. The Morgan fingerprint density at radius 3 is 2.44 bits per heavy atom. The van der Waals surface area contributed by atoms with Gasteiger partial charge >= 0.3 is 0 Å². The first kappa shape index (κ1) is 14.0. The van der Waals surface area contributed by atoms with E-state index in [9.17, 15) is 8.42 Å². The highest BCUT2D eigenvalue weighted by Crippen LogP contribution is 2.24. The van der Waals surface area contributed by atoms with Gasteiger partial charge in [-0.25, -0.2) is 8.42 Å². The number of nitrogens with one attached hydrogen (secondary N) is 1. The zero-order valence-electron chi connectivity index (χ0n) is 10.4. The van der Waals surface area contributed by atoms with Crippen molar-refractivity contribution in [1.29, 1.82) is 0 Å². The molecule has 0 aromatic heterocycles. The lowest BCUT2D eigenvalue weighted by molar-refractivity contribution is -0.901. The zero-order valence-corrected chi connectivity index (χ0v) is 12.8. The Kier molecular flexibility index (Phi) is 4.42. The van der Waals surface area contributed by atoms with Gasteiger partial charge in [-0.2, -0.15) is 4.31 Å². The normalized spacial score (nSPS) is 19.0. The average Bonchev–Trinajstić information content (AvgIpc) is 2.39. The van der Waals surface area contributed by atoms with Crippen LogP contribution < -0.4 is 4.90 Å². The quantitative estimate of drug-likeness (QED) is 0.867. The molecular weight excluding hydrogens is 316 g/mol. The van der Waals surface area contributed by atoms with Crippen molar-refractivity contribution in [1.82, 2.24) is 4.31 Å². The molecule has 1 aliphatic heterocycles. The highest BCUT2D eigenvalue weighted by Gasteiger charge is 2.30. The standard InChI is InChI=1S/C12H17BrN2O2S/c1-2-14-7-9-15(10-8-14)18(16,17)12-6-4-3-5-11(12)13/h3-6H,2,7-10H2,1H3/p+1. The lowest BCUT2D eigenvalue weighted by Crippen LogP contribution is -3.14. The topological polar surface area (TPSA) is 41.8 Å². The number of quaternary nitrogens is 1. The van der Waals surface area contributed by atoms with Crippen LogP contribution in [-0.4, -0.2) is 45.4 Å². The number of benzene rings is 1. The molecule has 18 heavy (non-hydrogen) atoms. The molecule has 0 saturated carbocycles. The average molecular weight is 334 g/mol. The smallest absolute Gasteiger partial charge is 0.244 e. The number of likely N-dealkylation sites (N-methyl/N-ethyl adjacent to an activating group) is 1. The van der Waals surface area contributed by atoms with E-state index in [1.807, 2.05) is 6.07 Å². The highest BCUT2D eigenvalue weighted by atomic mass is 79.9. The summed E-state index contributed by atoms with van der Waals surface area (Å²) >= 11 is 3.31. The summed E-state index contributed by atoms with van der Waals surface area (Å²) in [5, 5.41) is 0. The molecule has 1 saturated heterocycles. The fourth-order valence-electron chi connectivity index (χ4n) is 2.19. The molecule has 1 fully saturated rings. The van der Waals surface area contributed by atoms with E-state index in [0.717, 1.165) is 19.6 Å². The number of piperazine rings is 1. The van der Waals surface area contributed by atoms with Crippen molar-refractivity contribution in [3.63, 3.8) is 0 Å². The van der Waals surface area contributed by atoms with E-state index in [4.69, 9.17) is 0 Å². The zero-order chi connectivity index (χ0) is 13.2. The van der Waals surface area contributed by atoms with E-state index in [0.29, 0.717) is 22.5 Å². The maximum absolute atomic E-state index is 12.5. The molecule has 6 heteroatoms. The number of halogens is 1. The number of rotatable bonds is 3. The number of hydrogen-bond donors (Lipinski definition) is 1. The van der Waals surface area contributed by atoms with Gasteiger partial charge in [-0.15, -0.1) is 0 Å². The third-order valence-corrected chi connectivity index (χ3v) is 6.29. The maximum Gasteiger partial charge on any atom is 0.244 e. The second-order valence-electron chi connectivity index (χ2n) is 4.44. The van der Waals surface area contributed by atoms with Crippen molar-refractivity contribution in [2.24, 2.45) is 0 Å². The van der Waals surface area contributed by atoms with Crippen LogP contribution >= 0.6 is 15.9 Å². The molecule has 1 N–H and O–H groups in total. The molecule has 1 aromatic rings. The van der Waals surface area contributed by atoms with Crippen molar-refractivity contribution < 1.29 is 13.3 Å². The molecule has 0 atom stereocenters. The van der Waals surface area contributed by atoms with Gasteiger partial charge in [0, 0.05) is 4.47 Å². The third kappa shape index (κ3) is 2.77. The Morgan fingerprint density at radius 1 is 1.28 bits per heavy atom. The van der Waals surface area contributed by atoms with Crippen molar-refractivity contribution in [2.75, 3.05) is 32.7 Å². The molecule has 0 spiro atoms. The number of sulfonamides is 1. The minimum atomic E-state index is -3.35. The molecule has 1 heterocycles. The fourth-order valence-corrected chi connectivity index (χ4v) is 4.59. The van der Waals surface area contributed by atoms with Crippen LogP contribution in [0, 0.1) is 0 Å². The number of nitrogens with zero attached hydrogens (tertiary/aromatic N) is 1. The van der Waals surface area contributed by atoms with Crippen LogP contribution in [0.1, 0.15) is 6.92 Å². The van der Waals surface area contributed by atoms with Crippen molar-refractivity contribution in [3.8, 4) is 0 Å². The minimum Gasteiger partial charge on any atom is -0.333 e. The van der Waals surface area contributed by atoms with Gasteiger partial charge in [-0.3, -0.25) is 0 Å². The molecule has 0 radical (unpaired) electrons. The van der Waals surface area contributed by atoms with Crippen LogP contribution in [0.2, 0.25) is 0 Å². The Labute approximate surface area is 117 Å². The van der Waals surface area contributed by atoms with Crippen molar-refractivity contribution >= 4 is 26.0 Å². The van der Waals surface area contributed by atoms with Crippen LogP contribution in [-0.2, 0) is 10.0 Å². The van der Waals surface area contributed by atoms with Gasteiger partial charge in [-0.05, 0) is 35.0 Å². The molecular formula is C12H18BrN2O2S+. The first-order valence-corrected chi connectivity index (χ1v) is 8.37. The molecule has 4 nitrogen and oxygen atoms in total. The molecule has 0 aliphatic carbocycles. The number of hydrogen-bond acceptors (Lipinski definition) is 2. The van der Waals surface area contributed by atoms with E-state index in [1.165, 1.54) is 4.90 Å². The summed E-state index contributed by atoms with van der Waals surface area (Å²) < 4.78 is 27.2. The van der Waals surface area contributed by atoms with Crippen LogP contribution in [0.5, 0.6) is 0 Å². The van der Waals surface area contributed by atoms with Gasteiger partial charge < -0.3 is 4.90 Å². The summed E-state index contributed by atoms with van der Waals surface area (Å²) in [6.07, 6.45) is 0. The lowest BCUT2D eigenvalue weighted by Gasteiger charge is -2.31. The summed E-state index contributed by atoms with van der Waals surface area (Å²) in [5.41, 5.74) is 0. The van der Waals surface area contributed by atoms with Gasteiger partial charge in [-0.1, -0.05) is 12.1 Å². The van der Waals surface area contributed by atoms with Crippen molar-refractivity contribution in [2.45, 2.75) is 11.8 Å². The van der Waals surface area contributed by atoms with Crippen molar-refractivity contribution in [3.05, 3.63) is 28.7 Å². The van der Waals surface area contributed by atoms with Gasteiger partial charge in [0.25, 0.3) is 0 Å². The van der Waals surface area contributed by atoms with Crippen LogP contribution in [0.4, 0.5) is 0 Å². The third-order valence-electron chi connectivity index (χ3n) is 3.38. The lowest BCUT2D eigenvalue weighted by atomic mass is 10.4. The first-order chi connectivity index (χ1) is 8.55. The molecule has 0 amide bonds. The van der Waals surface area contributed by atoms with Gasteiger partial charge in [0.1, 0.15) is 0 Å². The fraction of sp³-hybridized carbons (Fsp3) is 0.500.